The Labute approximate surface area is 318 Å². The second-order valence-electron chi connectivity index (χ2n) is 14.3. The van der Waals surface area contributed by atoms with Crippen molar-refractivity contribution in [2.45, 2.75) is 76.0 Å². The molecule has 54 heavy (non-hydrogen) atoms. The zero-order valence-electron chi connectivity index (χ0n) is 31.1. The van der Waals surface area contributed by atoms with E-state index in [4.69, 9.17) is 28.4 Å². The van der Waals surface area contributed by atoms with Crippen molar-refractivity contribution in [3.8, 4) is 11.5 Å². The molecule has 2 aliphatic heterocycles. The van der Waals surface area contributed by atoms with Gasteiger partial charge in [0.25, 0.3) is 0 Å². The summed E-state index contributed by atoms with van der Waals surface area (Å²) >= 11 is 0. The summed E-state index contributed by atoms with van der Waals surface area (Å²) in [6, 6.07) is 42.3. The lowest BCUT2D eigenvalue weighted by Gasteiger charge is -2.56. The number of hydrogen-bond donors (Lipinski definition) is 2. The van der Waals surface area contributed by atoms with Crippen molar-refractivity contribution < 1.29 is 38.6 Å². The maximum absolute atomic E-state index is 11.2. The molecule has 0 saturated carbocycles. The smallest absolute Gasteiger partial charge is 0.161 e. The fourth-order valence-corrected chi connectivity index (χ4v) is 7.65. The molecule has 0 radical (unpaired) electrons. The largest absolute Gasteiger partial charge is 0.486 e. The summed E-state index contributed by atoms with van der Waals surface area (Å²) in [6.07, 6.45) is -0.925. The first kappa shape index (κ1) is 37.8. The Hall–Kier alpha value is -4.54. The third-order valence-corrected chi connectivity index (χ3v) is 10.6. The normalized spacial score (nSPS) is 21.8. The Morgan fingerprint density at radius 1 is 0.593 bits per heavy atom. The summed E-state index contributed by atoms with van der Waals surface area (Å²) in [7, 11) is 0. The van der Waals surface area contributed by atoms with E-state index in [2.05, 4.69) is 37.3 Å². The Morgan fingerprint density at radius 2 is 1.15 bits per heavy atom. The van der Waals surface area contributed by atoms with Crippen LogP contribution in [0, 0.1) is 0 Å². The minimum Gasteiger partial charge on any atom is -0.486 e. The summed E-state index contributed by atoms with van der Waals surface area (Å²) in [6.45, 7) is 4.93. The van der Waals surface area contributed by atoms with Gasteiger partial charge in [0.2, 0.25) is 0 Å². The summed E-state index contributed by atoms with van der Waals surface area (Å²) in [5, 5.41) is 22.5. The highest BCUT2D eigenvalue weighted by atomic mass is 16.6. The third-order valence-electron chi connectivity index (χ3n) is 10.6. The van der Waals surface area contributed by atoms with Crippen molar-refractivity contribution in [3.63, 3.8) is 0 Å². The number of aryl methyl sites for hydroxylation is 1. The minimum atomic E-state index is -1.54. The quantitative estimate of drug-likeness (QED) is 0.116. The van der Waals surface area contributed by atoms with Gasteiger partial charge in [0.05, 0.1) is 33.0 Å². The molecule has 2 N–H and O–H groups in total. The lowest BCUT2D eigenvalue weighted by atomic mass is 9.75. The van der Waals surface area contributed by atoms with Gasteiger partial charge in [-0.05, 0) is 70.8 Å². The molecule has 1 fully saturated rings. The van der Waals surface area contributed by atoms with E-state index in [1.54, 1.807) is 0 Å². The van der Waals surface area contributed by atoms with Crippen molar-refractivity contribution in [1.29, 1.82) is 0 Å². The fraction of sp³-hybridized carbons (Fsp3) is 0.348. The van der Waals surface area contributed by atoms with Crippen molar-refractivity contribution >= 4 is 0 Å². The monoisotopic (exact) mass is 730 g/mol. The number of benzene rings is 5. The molecule has 2 aliphatic rings. The van der Waals surface area contributed by atoms with Crippen LogP contribution in [0.3, 0.4) is 0 Å². The fourth-order valence-electron chi connectivity index (χ4n) is 7.65. The average molecular weight is 731 g/mol. The zero-order valence-corrected chi connectivity index (χ0v) is 31.1. The van der Waals surface area contributed by atoms with E-state index in [1.807, 2.05) is 104 Å². The predicted octanol–water partition coefficient (Wildman–Crippen LogP) is 7.34. The molecule has 282 valence electrons. The van der Waals surface area contributed by atoms with E-state index in [0.29, 0.717) is 19.6 Å². The van der Waals surface area contributed by atoms with Gasteiger partial charge in [0, 0.05) is 0 Å². The Morgan fingerprint density at radius 3 is 1.72 bits per heavy atom. The molecule has 0 bridgehead atoms. The molecule has 8 nitrogen and oxygen atoms in total. The van der Waals surface area contributed by atoms with Crippen LogP contribution in [0.2, 0.25) is 0 Å². The van der Waals surface area contributed by atoms with E-state index >= 15 is 0 Å². The summed E-state index contributed by atoms with van der Waals surface area (Å²) in [5.41, 5.74) is 4.42. The van der Waals surface area contributed by atoms with Crippen LogP contribution in [-0.4, -0.2) is 60.6 Å². The third kappa shape index (κ3) is 8.25. The highest BCUT2D eigenvalue weighted by Crippen LogP contribution is 2.47. The van der Waals surface area contributed by atoms with E-state index in [-0.39, 0.29) is 19.8 Å². The highest BCUT2D eigenvalue weighted by molar-refractivity contribution is 5.47. The van der Waals surface area contributed by atoms with Crippen molar-refractivity contribution in [1.82, 2.24) is 0 Å². The molecule has 5 aromatic carbocycles. The van der Waals surface area contributed by atoms with Gasteiger partial charge < -0.3 is 38.6 Å². The van der Waals surface area contributed by atoms with Crippen LogP contribution >= 0.6 is 0 Å². The lowest BCUT2D eigenvalue weighted by Crippen LogP contribution is -2.71. The SMILES string of the molecule is CCc1ccc(C2(C)OC(CO)(CO)C(OCc3ccccc3)C(OCc3ccccc3)C2OCc2ccccc2)cc1Cc1ccc2c(c1)OCCO2. The van der Waals surface area contributed by atoms with Gasteiger partial charge in [-0.3, -0.25) is 0 Å². The first-order valence-electron chi connectivity index (χ1n) is 18.8. The molecular weight excluding hydrogens is 680 g/mol. The maximum atomic E-state index is 11.2. The average Bonchev–Trinajstić information content (AvgIpc) is 3.23. The van der Waals surface area contributed by atoms with Crippen molar-refractivity contribution in [3.05, 3.63) is 166 Å². The maximum Gasteiger partial charge on any atom is 0.161 e. The van der Waals surface area contributed by atoms with Crippen LogP contribution in [0.15, 0.2) is 127 Å². The van der Waals surface area contributed by atoms with E-state index < -0.39 is 42.7 Å². The van der Waals surface area contributed by atoms with Crippen LogP contribution in [0.1, 0.15) is 52.8 Å². The molecule has 7 rings (SSSR count). The number of aliphatic hydroxyl groups excluding tert-OH is 2. The van der Waals surface area contributed by atoms with Gasteiger partial charge >= 0.3 is 0 Å². The molecule has 4 atom stereocenters. The molecule has 1 saturated heterocycles. The number of aliphatic hydroxyl groups is 2. The van der Waals surface area contributed by atoms with Gasteiger partial charge in [-0.25, -0.2) is 0 Å². The predicted molar refractivity (Wildman–Crippen MR) is 206 cm³/mol. The molecule has 0 aliphatic carbocycles. The van der Waals surface area contributed by atoms with Gasteiger partial charge in [-0.1, -0.05) is 122 Å². The second-order valence-corrected chi connectivity index (χ2v) is 14.3. The molecule has 4 unspecified atom stereocenters. The molecular formula is C46H50O8. The number of rotatable bonds is 15. The number of ether oxygens (including phenoxy) is 6. The van der Waals surface area contributed by atoms with Gasteiger partial charge in [0.1, 0.15) is 42.7 Å². The van der Waals surface area contributed by atoms with Gasteiger partial charge in [-0.2, -0.15) is 0 Å². The molecule has 2 heterocycles. The Kier molecular flexibility index (Phi) is 12.1. The topological polar surface area (TPSA) is 95.8 Å². The van der Waals surface area contributed by atoms with Crippen molar-refractivity contribution in [2.24, 2.45) is 0 Å². The summed E-state index contributed by atoms with van der Waals surface area (Å²) in [4.78, 5) is 0. The Bertz CT molecular complexity index is 1930. The van der Waals surface area contributed by atoms with Crippen LogP contribution in [0.4, 0.5) is 0 Å². The first-order chi connectivity index (χ1) is 26.4. The number of hydrogen-bond acceptors (Lipinski definition) is 8. The molecule has 0 spiro atoms. The van der Waals surface area contributed by atoms with E-state index in [0.717, 1.165) is 51.3 Å². The van der Waals surface area contributed by atoms with E-state index in [9.17, 15) is 10.2 Å². The van der Waals surface area contributed by atoms with E-state index in [1.165, 1.54) is 5.56 Å². The Balaban J connectivity index is 1.31. The summed E-state index contributed by atoms with van der Waals surface area (Å²) in [5.74, 6) is 1.51. The van der Waals surface area contributed by atoms with Crippen LogP contribution < -0.4 is 9.47 Å². The lowest BCUT2D eigenvalue weighted by molar-refractivity contribution is -0.349. The van der Waals surface area contributed by atoms with Crippen molar-refractivity contribution in [2.75, 3.05) is 26.4 Å². The second kappa shape index (κ2) is 17.3. The molecule has 0 amide bonds. The van der Waals surface area contributed by atoms with Gasteiger partial charge in [0.15, 0.2) is 11.5 Å². The molecule has 0 aromatic heterocycles. The molecule has 8 heteroatoms. The first-order valence-corrected chi connectivity index (χ1v) is 18.8. The van der Waals surface area contributed by atoms with Crippen LogP contribution in [0.25, 0.3) is 0 Å². The van der Waals surface area contributed by atoms with Crippen LogP contribution in [-0.2, 0) is 57.2 Å². The van der Waals surface area contributed by atoms with Gasteiger partial charge in [-0.15, -0.1) is 0 Å². The molecule has 5 aromatic rings. The zero-order chi connectivity index (χ0) is 37.4. The van der Waals surface area contributed by atoms with Crippen LogP contribution in [0.5, 0.6) is 11.5 Å². The summed E-state index contributed by atoms with van der Waals surface area (Å²) < 4.78 is 39.4. The highest BCUT2D eigenvalue weighted by Gasteiger charge is 2.61. The number of fused-ring (bicyclic) bond motifs is 1. The standard InChI is InChI=1S/C46H50O8/c1-3-37-20-21-39(27-38(37)25-36-19-22-40-41(26-36)50-24-23-49-40)45(2)43(52-29-34-15-9-5-10-16-34)42(51-28-33-13-7-4-8-14-33)44(46(31-47,32-48)54-45)53-30-35-17-11-6-12-18-35/h4-22,26-27,42-44,47-48H,3,23-25,28-32H2,1-2H3. The minimum absolute atomic E-state index is 0.217.